The van der Waals surface area contributed by atoms with Crippen LogP contribution < -0.4 is 10.1 Å². The highest BCUT2D eigenvalue weighted by molar-refractivity contribution is 7.89. The third-order valence-electron chi connectivity index (χ3n) is 4.64. The summed E-state index contributed by atoms with van der Waals surface area (Å²) in [4.78, 5) is 12.6. The number of amides is 1. The normalized spacial score (nSPS) is 11.5. The first-order chi connectivity index (χ1) is 13.2. The van der Waals surface area contributed by atoms with E-state index in [1.165, 1.54) is 10.4 Å². The molecule has 152 valence electrons. The molecule has 0 heterocycles. The summed E-state index contributed by atoms with van der Waals surface area (Å²) in [5, 5.41) is 2.81. The Morgan fingerprint density at radius 1 is 1.07 bits per heavy atom. The van der Waals surface area contributed by atoms with E-state index < -0.39 is 10.0 Å². The lowest BCUT2D eigenvalue weighted by molar-refractivity contribution is -0.116. The number of nitrogens with one attached hydrogen (secondary N) is 1. The molecule has 0 fully saturated rings. The van der Waals surface area contributed by atoms with Crippen LogP contribution in [0.2, 0.25) is 0 Å². The maximum absolute atomic E-state index is 13.0. The molecule has 1 amide bonds. The molecule has 0 saturated heterocycles. The molecule has 0 bridgehead atoms. The smallest absolute Gasteiger partial charge is 0.243 e. The van der Waals surface area contributed by atoms with Crippen molar-refractivity contribution in [3.05, 3.63) is 53.1 Å². The maximum atomic E-state index is 13.0. The minimum absolute atomic E-state index is 0.148. The number of hydrogen-bond donors (Lipinski definition) is 1. The van der Waals surface area contributed by atoms with Gasteiger partial charge in [0.25, 0.3) is 0 Å². The molecule has 2 aromatic rings. The summed E-state index contributed by atoms with van der Waals surface area (Å²) in [6.07, 6.45) is 0. The SMILES string of the molecule is CCOc1ccc(S(=O)(=O)N(CC)CC(=O)Nc2cccc(C)c2C)cc1C. The van der Waals surface area contributed by atoms with Gasteiger partial charge in [0, 0.05) is 12.2 Å². The summed E-state index contributed by atoms with van der Waals surface area (Å²) < 4.78 is 32.6. The molecule has 0 atom stereocenters. The zero-order chi connectivity index (χ0) is 20.9. The van der Waals surface area contributed by atoms with Gasteiger partial charge >= 0.3 is 0 Å². The van der Waals surface area contributed by atoms with Crippen molar-refractivity contribution in [3.63, 3.8) is 0 Å². The molecule has 0 aliphatic heterocycles. The van der Waals surface area contributed by atoms with Gasteiger partial charge in [-0.2, -0.15) is 4.31 Å². The van der Waals surface area contributed by atoms with E-state index in [0.717, 1.165) is 16.7 Å². The summed E-state index contributed by atoms with van der Waals surface area (Å²) >= 11 is 0. The van der Waals surface area contributed by atoms with E-state index in [9.17, 15) is 13.2 Å². The highest BCUT2D eigenvalue weighted by Gasteiger charge is 2.26. The molecule has 0 aliphatic carbocycles. The van der Waals surface area contributed by atoms with Crippen molar-refractivity contribution >= 4 is 21.6 Å². The fourth-order valence-electron chi connectivity index (χ4n) is 2.85. The molecule has 0 aliphatic rings. The van der Waals surface area contributed by atoms with Crippen molar-refractivity contribution < 1.29 is 17.9 Å². The first-order valence-corrected chi connectivity index (χ1v) is 10.7. The fourth-order valence-corrected chi connectivity index (χ4v) is 4.34. The number of benzene rings is 2. The average Bonchev–Trinajstić information content (AvgIpc) is 2.65. The fraction of sp³-hybridized carbons (Fsp3) is 0.381. The summed E-state index contributed by atoms with van der Waals surface area (Å²) in [5.41, 5.74) is 3.45. The molecule has 1 N–H and O–H groups in total. The van der Waals surface area contributed by atoms with E-state index in [2.05, 4.69) is 5.32 Å². The maximum Gasteiger partial charge on any atom is 0.243 e. The Balaban J connectivity index is 2.20. The minimum Gasteiger partial charge on any atom is -0.494 e. The highest BCUT2D eigenvalue weighted by atomic mass is 32.2. The molecule has 0 unspecified atom stereocenters. The first-order valence-electron chi connectivity index (χ1n) is 9.30. The number of anilines is 1. The third kappa shape index (κ3) is 4.91. The molecule has 0 aromatic heterocycles. The van der Waals surface area contributed by atoms with Gasteiger partial charge in [-0.25, -0.2) is 8.42 Å². The zero-order valence-electron chi connectivity index (χ0n) is 17.1. The van der Waals surface area contributed by atoms with Gasteiger partial charge in [-0.15, -0.1) is 0 Å². The second-order valence-electron chi connectivity index (χ2n) is 6.59. The molecule has 0 saturated carbocycles. The summed E-state index contributed by atoms with van der Waals surface area (Å²) in [6, 6.07) is 10.4. The Morgan fingerprint density at radius 3 is 2.39 bits per heavy atom. The van der Waals surface area contributed by atoms with Crippen LogP contribution in [0.25, 0.3) is 0 Å². The third-order valence-corrected chi connectivity index (χ3v) is 6.55. The van der Waals surface area contributed by atoms with E-state index >= 15 is 0 Å². The topological polar surface area (TPSA) is 75.7 Å². The largest absolute Gasteiger partial charge is 0.494 e. The van der Waals surface area contributed by atoms with Gasteiger partial charge in [0.1, 0.15) is 5.75 Å². The van der Waals surface area contributed by atoms with Gasteiger partial charge in [-0.05, 0) is 68.7 Å². The summed E-state index contributed by atoms with van der Waals surface area (Å²) in [6.45, 7) is 9.71. The Labute approximate surface area is 167 Å². The summed E-state index contributed by atoms with van der Waals surface area (Å²) in [5.74, 6) is 0.277. The number of nitrogens with zero attached hydrogens (tertiary/aromatic N) is 1. The lowest BCUT2D eigenvalue weighted by atomic mass is 10.1. The van der Waals surface area contributed by atoms with Crippen LogP contribution in [0, 0.1) is 20.8 Å². The molecule has 28 heavy (non-hydrogen) atoms. The van der Waals surface area contributed by atoms with Crippen LogP contribution in [0.3, 0.4) is 0 Å². The van der Waals surface area contributed by atoms with Crippen molar-refractivity contribution in [1.29, 1.82) is 0 Å². The van der Waals surface area contributed by atoms with Crippen molar-refractivity contribution in [2.75, 3.05) is 25.0 Å². The number of carbonyl (C=O) groups is 1. The quantitative estimate of drug-likeness (QED) is 0.728. The van der Waals surface area contributed by atoms with Gasteiger partial charge in [0.15, 0.2) is 0 Å². The van der Waals surface area contributed by atoms with E-state index in [0.29, 0.717) is 18.0 Å². The molecule has 6 nitrogen and oxygen atoms in total. The second kappa shape index (κ2) is 9.21. The molecular weight excluding hydrogens is 376 g/mol. The number of sulfonamides is 1. The molecule has 2 aromatic carbocycles. The van der Waals surface area contributed by atoms with E-state index in [4.69, 9.17) is 4.74 Å². The van der Waals surface area contributed by atoms with Crippen molar-refractivity contribution in [3.8, 4) is 5.75 Å². The number of hydrogen-bond acceptors (Lipinski definition) is 4. The Morgan fingerprint density at radius 2 is 1.79 bits per heavy atom. The van der Waals surface area contributed by atoms with E-state index in [1.807, 2.05) is 32.9 Å². The van der Waals surface area contributed by atoms with Crippen LogP contribution in [-0.2, 0) is 14.8 Å². The Kier molecular flexibility index (Phi) is 7.21. The lowest BCUT2D eigenvalue weighted by Gasteiger charge is -2.21. The number of aryl methyl sites for hydroxylation is 2. The number of ether oxygens (including phenoxy) is 1. The van der Waals surface area contributed by atoms with E-state index in [-0.39, 0.29) is 23.9 Å². The van der Waals surface area contributed by atoms with Crippen LogP contribution in [0.5, 0.6) is 5.75 Å². The highest BCUT2D eigenvalue weighted by Crippen LogP contribution is 2.24. The van der Waals surface area contributed by atoms with E-state index in [1.54, 1.807) is 32.0 Å². The molecule has 2 rings (SSSR count). The van der Waals surface area contributed by atoms with Crippen molar-refractivity contribution in [2.45, 2.75) is 39.5 Å². The molecule has 7 heteroatoms. The standard InChI is InChI=1S/C21H28N2O4S/c1-6-23(14-21(24)22-19-10-8-9-15(3)17(19)5)28(25,26)18-11-12-20(27-7-2)16(4)13-18/h8-13H,6-7,14H2,1-5H3,(H,22,24). The van der Waals surface area contributed by atoms with Gasteiger partial charge in [0.2, 0.25) is 15.9 Å². The van der Waals surface area contributed by atoms with Crippen molar-refractivity contribution in [1.82, 2.24) is 4.31 Å². The number of carbonyl (C=O) groups excluding carboxylic acids is 1. The molecular formula is C21H28N2O4S. The summed E-state index contributed by atoms with van der Waals surface area (Å²) in [7, 11) is -3.79. The Hall–Kier alpha value is -2.38. The van der Waals surface area contributed by atoms with Gasteiger partial charge < -0.3 is 10.1 Å². The first kappa shape index (κ1) is 21.9. The van der Waals surface area contributed by atoms with Crippen LogP contribution >= 0.6 is 0 Å². The Bertz CT molecular complexity index is 955. The van der Waals surface area contributed by atoms with Crippen molar-refractivity contribution in [2.24, 2.45) is 0 Å². The lowest BCUT2D eigenvalue weighted by Crippen LogP contribution is -2.38. The van der Waals surface area contributed by atoms with Gasteiger partial charge in [-0.1, -0.05) is 19.1 Å². The zero-order valence-corrected chi connectivity index (χ0v) is 17.9. The van der Waals surface area contributed by atoms with Crippen LogP contribution in [0.4, 0.5) is 5.69 Å². The van der Waals surface area contributed by atoms with Gasteiger partial charge in [-0.3, -0.25) is 4.79 Å². The number of rotatable bonds is 8. The number of likely N-dealkylation sites (N-methyl/N-ethyl adjacent to an activating group) is 1. The molecule has 0 radical (unpaired) electrons. The average molecular weight is 405 g/mol. The molecule has 0 spiro atoms. The van der Waals surface area contributed by atoms with Crippen LogP contribution in [0.1, 0.15) is 30.5 Å². The van der Waals surface area contributed by atoms with Crippen LogP contribution in [0.15, 0.2) is 41.3 Å². The monoisotopic (exact) mass is 404 g/mol. The minimum atomic E-state index is -3.79. The second-order valence-corrected chi connectivity index (χ2v) is 8.53. The van der Waals surface area contributed by atoms with Crippen LogP contribution in [-0.4, -0.2) is 38.3 Å². The predicted molar refractivity (Wildman–Crippen MR) is 111 cm³/mol. The van der Waals surface area contributed by atoms with Gasteiger partial charge in [0.05, 0.1) is 18.0 Å². The predicted octanol–water partition coefficient (Wildman–Crippen LogP) is 3.66.